The van der Waals surface area contributed by atoms with Crippen LogP contribution >= 0.6 is 11.3 Å². The maximum Gasteiger partial charge on any atom is 0.264 e. The first-order valence-corrected chi connectivity index (χ1v) is 8.13. The number of benzene rings is 1. The van der Waals surface area contributed by atoms with Crippen LogP contribution in [0.2, 0.25) is 0 Å². The Morgan fingerprint density at radius 1 is 1.17 bits per heavy atom. The molecule has 0 radical (unpaired) electrons. The van der Waals surface area contributed by atoms with E-state index in [-0.39, 0.29) is 6.61 Å². The van der Waals surface area contributed by atoms with Crippen LogP contribution < -0.4 is 10.1 Å². The van der Waals surface area contributed by atoms with Gasteiger partial charge in [-0.05, 0) is 42.6 Å². The van der Waals surface area contributed by atoms with Gasteiger partial charge in [-0.3, -0.25) is 0 Å². The van der Waals surface area contributed by atoms with Crippen molar-refractivity contribution in [1.82, 2.24) is 20.1 Å². The van der Waals surface area contributed by atoms with Crippen LogP contribution in [0.5, 0.6) is 5.75 Å². The van der Waals surface area contributed by atoms with Crippen molar-refractivity contribution >= 4 is 33.1 Å². The third-order valence-corrected chi connectivity index (χ3v) is 4.13. The zero-order chi connectivity index (χ0) is 16.4. The molecule has 3 aromatic heterocycles. The van der Waals surface area contributed by atoms with E-state index in [1.807, 2.05) is 35.7 Å². The van der Waals surface area contributed by atoms with Crippen molar-refractivity contribution in [3.05, 3.63) is 53.8 Å². The Morgan fingerprint density at radius 2 is 2.04 bits per heavy atom. The highest BCUT2D eigenvalue weighted by Gasteiger charge is 2.06. The van der Waals surface area contributed by atoms with Crippen LogP contribution in [0.25, 0.3) is 10.2 Å². The van der Waals surface area contributed by atoms with Gasteiger partial charge in [-0.15, -0.1) is 11.3 Å². The quantitative estimate of drug-likeness (QED) is 0.593. The van der Waals surface area contributed by atoms with E-state index in [9.17, 15) is 0 Å². The number of nitrogens with zero attached hydrogens (tertiary/aromatic N) is 4. The number of fused-ring (bicyclic) bond motifs is 1. The first-order chi connectivity index (χ1) is 11.8. The molecule has 0 saturated carbocycles. The fourth-order valence-electron chi connectivity index (χ4n) is 2.20. The van der Waals surface area contributed by atoms with Crippen LogP contribution in [0.3, 0.4) is 0 Å². The molecular formula is C16H13N5O2S. The zero-order valence-corrected chi connectivity index (χ0v) is 13.6. The Morgan fingerprint density at radius 3 is 2.83 bits per heavy atom. The van der Waals surface area contributed by atoms with Crippen LogP contribution in [-0.2, 0) is 6.61 Å². The molecule has 4 aromatic rings. The second-order valence-electron chi connectivity index (χ2n) is 5.04. The topological polar surface area (TPSA) is 86.0 Å². The molecule has 3 heterocycles. The Balaban J connectivity index is 1.44. The van der Waals surface area contributed by atoms with Crippen molar-refractivity contribution in [2.45, 2.75) is 13.5 Å². The van der Waals surface area contributed by atoms with Gasteiger partial charge in [0, 0.05) is 5.69 Å². The average molecular weight is 339 g/mol. The van der Waals surface area contributed by atoms with Crippen molar-refractivity contribution in [1.29, 1.82) is 0 Å². The average Bonchev–Trinajstić information content (AvgIpc) is 3.23. The molecule has 7 nitrogen and oxygen atoms in total. The van der Waals surface area contributed by atoms with Crippen LogP contribution in [0.4, 0.5) is 11.5 Å². The summed E-state index contributed by atoms with van der Waals surface area (Å²) in [5, 5.41) is 10.0. The van der Waals surface area contributed by atoms with Gasteiger partial charge in [0.05, 0.1) is 5.39 Å². The molecule has 0 aliphatic carbocycles. The molecule has 24 heavy (non-hydrogen) atoms. The maximum absolute atomic E-state index is 5.62. The Hall–Kier alpha value is -3.00. The van der Waals surface area contributed by atoms with Gasteiger partial charge in [0.1, 0.15) is 22.7 Å². The summed E-state index contributed by atoms with van der Waals surface area (Å²) in [5.74, 6) is 2.56. The molecule has 0 spiro atoms. The second kappa shape index (κ2) is 6.25. The van der Waals surface area contributed by atoms with Gasteiger partial charge in [-0.25, -0.2) is 9.97 Å². The Bertz CT molecular complexity index is 964. The summed E-state index contributed by atoms with van der Waals surface area (Å²) >= 11 is 1.59. The highest BCUT2D eigenvalue weighted by atomic mass is 32.1. The summed E-state index contributed by atoms with van der Waals surface area (Å²) in [5.41, 5.74) is 0.919. The number of hydrogen-bond acceptors (Lipinski definition) is 8. The van der Waals surface area contributed by atoms with Crippen molar-refractivity contribution in [2.75, 3.05) is 5.32 Å². The minimum absolute atomic E-state index is 0.245. The van der Waals surface area contributed by atoms with E-state index in [1.54, 1.807) is 24.6 Å². The molecule has 4 rings (SSSR count). The molecular weight excluding hydrogens is 326 g/mol. The Kier molecular flexibility index (Phi) is 3.80. The number of rotatable bonds is 5. The van der Waals surface area contributed by atoms with Gasteiger partial charge in [0.15, 0.2) is 12.4 Å². The van der Waals surface area contributed by atoms with E-state index in [1.165, 1.54) is 0 Å². The summed E-state index contributed by atoms with van der Waals surface area (Å²) in [7, 11) is 0. The van der Waals surface area contributed by atoms with Gasteiger partial charge in [-0.2, -0.15) is 4.98 Å². The van der Waals surface area contributed by atoms with Crippen molar-refractivity contribution in [3.8, 4) is 5.75 Å². The van der Waals surface area contributed by atoms with Crippen LogP contribution in [0.1, 0.15) is 11.7 Å². The number of aryl methyl sites for hydroxylation is 1. The SMILES string of the molecule is Cc1noc(COc2ccc(Nc3ncnc4sccc34)cc2)n1. The van der Waals surface area contributed by atoms with Gasteiger partial charge < -0.3 is 14.6 Å². The van der Waals surface area contributed by atoms with Gasteiger partial charge in [0.25, 0.3) is 5.89 Å². The normalized spacial score (nSPS) is 10.9. The Labute approximate surface area is 141 Å². The van der Waals surface area contributed by atoms with Crippen LogP contribution in [0, 0.1) is 6.92 Å². The third-order valence-electron chi connectivity index (χ3n) is 3.31. The molecule has 0 fully saturated rings. The zero-order valence-electron chi connectivity index (χ0n) is 12.8. The van der Waals surface area contributed by atoms with E-state index in [4.69, 9.17) is 9.26 Å². The third kappa shape index (κ3) is 3.04. The van der Waals surface area contributed by atoms with Gasteiger partial charge in [-0.1, -0.05) is 5.16 Å². The smallest absolute Gasteiger partial charge is 0.264 e. The van der Waals surface area contributed by atoms with Crippen molar-refractivity contribution in [2.24, 2.45) is 0 Å². The van der Waals surface area contributed by atoms with E-state index in [0.717, 1.165) is 27.5 Å². The fraction of sp³-hybridized carbons (Fsp3) is 0.125. The largest absolute Gasteiger partial charge is 0.484 e. The summed E-state index contributed by atoms with van der Waals surface area (Å²) < 4.78 is 10.6. The van der Waals surface area contributed by atoms with Gasteiger partial charge >= 0.3 is 0 Å². The number of hydrogen-bond donors (Lipinski definition) is 1. The van der Waals surface area contributed by atoms with E-state index in [2.05, 4.69) is 25.4 Å². The highest BCUT2D eigenvalue weighted by Crippen LogP contribution is 2.27. The lowest BCUT2D eigenvalue weighted by molar-refractivity contribution is 0.242. The summed E-state index contributed by atoms with van der Waals surface area (Å²) in [4.78, 5) is 13.6. The number of thiophene rings is 1. The standard InChI is InChI=1S/C16H13N5O2S/c1-10-19-14(23-21-10)8-22-12-4-2-11(3-5-12)20-15-13-6-7-24-16(13)18-9-17-15/h2-7,9H,8H2,1H3,(H,17,18,20). The predicted molar refractivity (Wildman–Crippen MR) is 90.5 cm³/mol. The highest BCUT2D eigenvalue weighted by molar-refractivity contribution is 7.16. The molecule has 0 atom stereocenters. The lowest BCUT2D eigenvalue weighted by Gasteiger charge is -2.08. The van der Waals surface area contributed by atoms with Gasteiger partial charge in [0.2, 0.25) is 0 Å². The lowest BCUT2D eigenvalue weighted by Crippen LogP contribution is -1.97. The molecule has 0 amide bonds. The van der Waals surface area contributed by atoms with E-state index < -0.39 is 0 Å². The van der Waals surface area contributed by atoms with Crippen molar-refractivity contribution < 1.29 is 9.26 Å². The minimum atomic E-state index is 0.245. The monoisotopic (exact) mass is 339 g/mol. The number of anilines is 2. The molecule has 120 valence electrons. The molecule has 0 aliphatic rings. The minimum Gasteiger partial charge on any atom is -0.484 e. The fourth-order valence-corrected chi connectivity index (χ4v) is 2.94. The second-order valence-corrected chi connectivity index (χ2v) is 5.93. The van der Waals surface area contributed by atoms with Crippen LogP contribution in [0.15, 0.2) is 46.6 Å². The maximum atomic E-state index is 5.62. The number of aromatic nitrogens is 4. The predicted octanol–water partition coefficient (Wildman–Crippen LogP) is 3.71. The summed E-state index contributed by atoms with van der Waals surface area (Å²) in [6.45, 7) is 2.01. The summed E-state index contributed by atoms with van der Waals surface area (Å²) in [6, 6.07) is 9.60. The van der Waals surface area contributed by atoms with E-state index >= 15 is 0 Å². The molecule has 1 N–H and O–H groups in total. The van der Waals surface area contributed by atoms with Crippen molar-refractivity contribution in [3.63, 3.8) is 0 Å². The first kappa shape index (κ1) is 14.6. The number of nitrogens with one attached hydrogen (secondary N) is 1. The molecule has 0 saturated heterocycles. The molecule has 0 aliphatic heterocycles. The lowest BCUT2D eigenvalue weighted by atomic mass is 10.3. The van der Waals surface area contributed by atoms with Crippen LogP contribution in [-0.4, -0.2) is 20.1 Å². The summed E-state index contributed by atoms with van der Waals surface area (Å²) in [6.07, 6.45) is 1.56. The number of ether oxygens (including phenoxy) is 1. The van der Waals surface area contributed by atoms with E-state index in [0.29, 0.717) is 11.7 Å². The molecule has 1 aromatic carbocycles. The molecule has 8 heteroatoms. The first-order valence-electron chi connectivity index (χ1n) is 7.25. The molecule has 0 bridgehead atoms. The molecule has 0 unspecified atom stereocenters.